The summed E-state index contributed by atoms with van der Waals surface area (Å²) in [5.74, 6) is -0.725. The molecule has 1 amide bonds. The lowest BCUT2D eigenvalue weighted by Crippen LogP contribution is -2.19. The molecule has 2 heterocycles. The molecule has 6 heteroatoms. The predicted octanol–water partition coefficient (Wildman–Crippen LogP) is 3.06. The highest BCUT2D eigenvalue weighted by Gasteiger charge is 2.15. The van der Waals surface area contributed by atoms with Crippen molar-refractivity contribution in [3.8, 4) is 0 Å². The van der Waals surface area contributed by atoms with Gasteiger partial charge in [0.1, 0.15) is 5.82 Å². The Morgan fingerprint density at radius 3 is 3.00 bits per heavy atom. The van der Waals surface area contributed by atoms with E-state index in [1.165, 1.54) is 18.3 Å². The fourth-order valence-electron chi connectivity index (χ4n) is 2.47. The second-order valence-corrected chi connectivity index (χ2v) is 5.44. The third-order valence-corrected chi connectivity index (χ3v) is 3.64. The summed E-state index contributed by atoms with van der Waals surface area (Å²) in [4.78, 5) is 16.3. The molecule has 0 saturated carbocycles. The maximum absolute atomic E-state index is 13.1. The molecule has 0 bridgehead atoms. The number of hydrogen-bond donors (Lipinski definition) is 2. The van der Waals surface area contributed by atoms with Gasteiger partial charge in [-0.05, 0) is 37.1 Å². The van der Waals surface area contributed by atoms with Gasteiger partial charge in [-0.1, -0.05) is 6.07 Å². The molecule has 0 spiro atoms. The minimum absolute atomic E-state index is 0.208. The van der Waals surface area contributed by atoms with Crippen molar-refractivity contribution in [2.45, 2.75) is 18.9 Å². The smallest absolute Gasteiger partial charge is 0.257 e. The average molecular weight is 315 g/mol. The summed E-state index contributed by atoms with van der Waals surface area (Å²) in [6.45, 7) is 1.50. The van der Waals surface area contributed by atoms with E-state index in [2.05, 4.69) is 15.6 Å². The van der Waals surface area contributed by atoms with E-state index in [-0.39, 0.29) is 12.0 Å². The third kappa shape index (κ3) is 4.26. The van der Waals surface area contributed by atoms with Crippen molar-refractivity contribution < 1.29 is 13.9 Å². The van der Waals surface area contributed by atoms with Crippen molar-refractivity contribution in [2.75, 3.05) is 23.8 Å². The predicted molar refractivity (Wildman–Crippen MR) is 86.1 cm³/mol. The van der Waals surface area contributed by atoms with Gasteiger partial charge >= 0.3 is 0 Å². The average Bonchev–Trinajstić information content (AvgIpc) is 3.07. The van der Waals surface area contributed by atoms with Crippen molar-refractivity contribution in [3.05, 3.63) is 54.1 Å². The highest BCUT2D eigenvalue weighted by Crippen LogP contribution is 2.15. The molecule has 1 saturated heterocycles. The summed E-state index contributed by atoms with van der Waals surface area (Å²) >= 11 is 0. The zero-order chi connectivity index (χ0) is 16.1. The number of anilines is 2. The summed E-state index contributed by atoms with van der Waals surface area (Å²) in [6.07, 6.45) is 5.47. The molecule has 1 unspecified atom stereocenters. The summed E-state index contributed by atoms with van der Waals surface area (Å²) < 4.78 is 18.7. The van der Waals surface area contributed by atoms with Crippen molar-refractivity contribution in [1.29, 1.82) is 0 Å². The molecule has 1 fully saturated rings. The minimum Gasteiger partial charge on any atom is -0.381 e. The number of rotatable bonds is 5. The van der Waals surface area contributed by atoms with E-state index in [0.717, 1.165) is 25.1 Å². The van der Waals surface area contributed by atoms with Crippen LogP contribution in [0.15, 0.2) is 42.7 Å². The van der Waals surface area contributed by atoms with Crippen molar-refractivity contribution in [2.24, 2.45) is 0 Å². The number of carbonyl (C=O) groups is 1. The zero-order valence-electron chi connectivity index (χ0n) is 12.6. The summed E-state index contributed by atoms with van der Waals surface area (Å²) in [6, 6.07) is 7.49. The van der Waals surface area contributed by atoms with Crippen LogP contribution in [-0.2, 0) is 4.74 Å². The quantitative estimate of drug-likeness (QED) is 0.890. The van der Waals surface area contributed by atoms with Crippen LogP contribution >= 0.6 is 0 Å². The highest BCUT2D eigenvalue weighted by atomic mass is 19.1. The van der Waals surface area contributed by atoms with Crippen LogP contribution in [0.5, 0.6) is 0 Å². The van der Waals surface area contributed by atoms with Crippen molar-refractivity contribution >= 4 is 17.3 Å². The first-order valence-corrected chi connectivity index (χ1v) is 7.58. The molecular formula is C17H18FN3O2. The van der Waals surface area contributed by atoms with Gasteiger partial charge in [0.25, 0.3) is 5.91 Å². The first-order valence-electron chi connectivity index (χ1n) is 7.58. The van der Waals surface area contributed by atoms with E-state index in [0.29, 0.717) is 17.8 Å². The Kier molecular flexibility index (Phi) is 4.83. The molecule has 0 aliphatic carbocycles. The fourth-order valence-corrected chi connectivity index (χ4v) is 2.47. The van der Waals surface area contributed by atoms with Crippen LogP contribution in [-0.4, -0.2) is 30.1 Å². The van der Waals surface area contributed by atoms with E-state index in [9.17, 15) is 9.18 Å². The van der Waals surface area contributed by atoms with Crippen LogP contribution in [0, 0.1) is 5.82 Å². The van der Waals surface area contributed by atoms with Gasteiger partial charge in [-0.2, -0.15) is 0 Å². The van der Waals surface area contributed by atoms with Gasteiger partial charge in [-0.15, -0.1) is 0 Å². The Bertz CT molecular complexity index is 687. The van der Waals surface area contributed by atoms with Crippen LogP contribution in [0.1, 0.15) is 23.2 Å². The normalized spacial score (nSPS) is 17.0. The number of pyridine rings is 1. The lowest BCUT2D eigenvalue weighted by molar-refractivity contribution is 0.102. The Morgan fingerprint density at radius 1 is 1.30 bits per heavy atom. The molecule has 0 radical (unpaired) electrons. The summed E-state index contributed by atoms with van der Waals surface area (Å²) in [5, 5.41) is 5.88. The number of aromatic nitrogens is 1. The number of amides is 1. The lowest BCUT2D eigenvalue weighted by atomic mass is 10.2. The number of ether oxygens (including phenoxy) is 1. The van der Waals surface area contributed by atoms with E-state index >= 15 is 0 Å². The lowest BCUT2D eigenvalue weighted by Gasteiger charge is -2.12. The Balaban J connectivity index is 1.62. The van der Waals surface area contributed by atoms with Gasteiger partial charge in [-0.25, -0.2) is 4.39 Å². The van der Waals surface area contributed by atoms with Crippen LogP contribution in [0.4, 0.5) is 15.8 Å². The molecule has 23 heavy (non-hydrogen) atoms. The standard InChI is InChI=1S/C17H18FN3O2/c18-13-3-1-4-14(8-13)21-17(22)12-7-15(10-19-9-12)20-11-16-5-2-6-23-16/h1,3-4,7-10,16,20H,2,5-6,11H2,(H,21,22). The first-order chi connectivity index (χ1) is 11.2. The topological polar surface area (TPSA) is 63.2 Å². The third-order valence-electron chi connectivity index (χ3n) is 3.64. The number of hydrogen-bond acceptors (Lipinski definition) is 4. The molecule has 3 rings (SSSR count). The van der Waals surface area contributed by atoms with Gasteiger partial charge in [-0.3, -0.25) is 9.78 Å². The summed E-state index contributed by atoms with van der Waals surface area (Å²) in [5.41, 5.74) is 1.58. The molecule has 1 aromatic heterocycles. The summed E-state index contributed by atoms with van der Waals surface area (Å²) in [7, 11) is 0. The van der Waals surface area contributed by atoms with Crippen LogP contribution < -0.4 is 10.6 Å². The van der Waals surface area contributed by atoms with Gasteiger partial charge in [0, 0.05) is 31.2 Å². The van der Waals surface area contributed by atoms with Gasteiger partial charge in [0.2, 0.25) is 0 Å². The van der Waals surface area contributed by atoms with Crippen LogP contribution in [0.25, 0.3) is 0 Å². The van der Waals surface area contributed by atoms with E-state index in [4.69, 9.17) is 4.74 Å². The maximum atomic E-state index is 13.1. The number of halogens is 1. The molecular weight excluding hydrogens is 297 g/mol. The van der Waals surface area contributed by atoms with E-state index in [1.807, 2.05) is 0 Å². The molecule has 1 atom stereocenters. The van der Waals surface area contributed by atoms with Gasteiger partial charge in [0.05, 0.1) is 17.4 Å². The van der Waals surface area contributed by atoms with Crippen molar-refractivity contribution in [1.82, 2.24) is 4.98 Å². The molecule has 1 aliphatic rings. The Hall–Kier alpha value is -2.47. The fraction of sp³-hybridized carbons (Fsp3) is 0.294. The Labute approximate surface area is 133 Å². The number of carbonyl (C=O) groups excluding carboxylic acids is 1. The Morgan fingerprint density at radius 2 is 2.22 bits per heavy atom. The SMILES string of the molecule is O=C(Nc1cccc(F)c1)c1cncc(NCC2CCCO2)c1. The largest absolute Gasteiger partial charge is 0.381 e. The number of nitrogens with zero attached hydrogens (tertiary/aromatic N) is 1. The molecule has 1 aromatic carbocycles. The monoisotopic (exact) mass is 315 g/mol. The molecule has 2 N–H and O–H groups in total. The van der Waals surface area contributed by atoms with Crippen LogP contribution in [0.2, 0.25) is 0 Å². The first kappa shape index (κ1) is 15.4. The molecule has 5 nitrogen and oxygen atoms in total. The second-order valence-electron chi connectivity index (χ2n) is 5.44. The second kappa shape index (κ2) is 7.19. The number of nitrogens with one attached hydrogen (secondary N) is 2. The molecule has 2 aromatic rings. The van der Waals surface area contributed by atoms with Crippen molar-refractivity contribution in [3.63, 3.8) is 0 Å². The molecule has 1 aliphatic heterocycles. The van der Waals surface area contributed by atoms with E-state index in [1.54, 1.807) is 24.4 Å². The molecule has 120 valence electrons. The van der Waals surface area contributed by atoms with E-state index < -0.39 is 5.82 Å². The van der Waals surface area contributed by atoms with Gasteiger partial charge < -0.3 is 15.4 Å². The number of benzene rings is 1. The highest BCUT2D eigenvalue weighted by molar-refractivity contribution is 6.04. The van der Waals surface area contributed by atoms with Gasteiger partial charge in [0.15, 0.2) is 0 Å². The minimum atomic E-state index is -0.395. The maximum Gasteiger partial charge on any atom is 0.257 e. The van der Waals surface area contributed by atoms with Crippen LogP contribution in [0.3, 0.4) is 0 Å². The zero-order valence-corrected chi connectivity index (χ0v) is 12.6.